The van der Waals surface area contributed by atoms with Gasteiger partial charge in [0, 0.05) is 36.5 Å². The summed E-state index contributed by atoms with van der Waals surface area (Å²) in [5, 5.41) is 0. The smallest absolute Gasteiger partial charge is 0.230 e. The highest BCUT2D eigenvalue weighted by Gasteiger charge is 2.29. The topological polar surface area (TPSA) is 76.5 Å². The lowest BCUT2D eigenvalue weighted by molar-refractivity contribution is 0.122. The van der Waals surface area contributed by atoms with E-state index >= 15 is 0 Å². The average Bonchev–Trinajstić information content (AvgIpc) is 3.19. The van der Waals surface area contributed by atoms with Gasteiger partial charge < -0.3 is 19.3 Å². The molecule has 2 aliphatic heterocycles. The zero-order valence-corrected chi connectivity index (χ0v) is 17.2. The van der Waals surface area contributed by atoms with E-state index in [-0.39, 0.29) is 0 Å². The summed E-state index contributed by atoms with van der Waals surface area (Å²) in [6.45, 7) is 3.64. The third kappa shape index (κ3) is 3.75. The van der Waals surface area contributed by atoms with E-state index in [9.17, 15) is 0 Å². The van der Waals surface area contributed by atoms with Crippen LogP contribution in [-0.2, 0) is 11.2 Å². The highest BCUT2D eigenvalue weighted by Crippen LogP contribution is 2.39. The zero-order valence-electron chi connectivity index (χ0n) is 15.7. The quantitative estimate of drug-likeness (QED) is 0.593. The molecular weight excluding hydrogens is 436 g/mol. The lowest BCUT2D eigenvalue weighted by Crippen LogP contribution is -2.37. The van der Waals surface area contributed by atoms with Gasteiger partial charge in [0.1, 0.15) is 11.6 Å². The Morgan fingerprint density at radius 3 is 2.72 bits per heavy atom. The summed E-state index contributed by atoms with van der Waals surface area (Å²) in [5.41, 5.74) is 2.00. The summed E-state index contributed by atoms with van der Waals surface area (Å²) in [5.74, 6) is 2.73. The maximum Gasteiger partial charge on any atom is 0.230 e. The van der Waals surface area contributed by atoms with Crippen LogP contribution in [0.3, 0.4) is 0 Å². The number of morpholine rings is 1. The fraction of sp³-hybridized carbons (Fsp3) is 0.300. The summed E-state index contributed by atoms with van der Waals surface area (Å²) in [6.07, 6.45) is 7.82. The van der Waals surface area contributed by atoms with Crippen LogP contribution in [0.25, 0.3) is 0 Å². The van der Waals surface area contributed by atoms with Crippen molar-refractivity contribution in [1.82, 2.24) is 19.9 Å². The molecule has 0 unspecified atom stereocenters. The highest BCUT2D eigenvalue weighted by molar-refractivity contribution is 9.10. The van der Waals surface area contributed by atoms with Crippen molar-refractivity contribution < 1.29 is 9.47 Å². The summed E-state index contributed by atoms with van der Waals surface area (Å²) >= 11 is 3.44. The number of hydrogen-bond donors (Lipinski definition) is 0. The van der Waals surface area contributed by atoms with Crippen molar-refractivity contribution in [3.63, 3.8) is 0 Å². The van der Waals surface area contributed by atoms with Crippen LogP contribution in [0.1, 0.15) is 5.56 Å². The van der Waals surface area contributed by atoms with E-state index in [1.807, 2.05) is 24.4 Å². The Morgan fingerprint density at radius 2 is 1.93 bits per heavy atom. The van der Waals surface area contributed by atoms with Gasteiger partial charge in [0.15, 0.2) is 0 Å². The first-order valence-electron chi connectivity index (χ1n) is 9.47. The molecule has 0 spiro atoms. The van der Waals surface area contributed by atoms with E-state index in [1.165, 1.54) is 0 Å². The maximum absolute atomic E-state index is 6.17. The van der Waals surface area contributed by atoms with Crippen molar-refractivity contribution in [2.75, 3.05) is 42.6 Å². The first kappa shape index (κ1) is 18.3. The second kappa shape index (κ2) is 7.92. The lowest BCUT2D eigenvalue weighted by Gasteiger charge is -2.28. The largest absolute Gasteiger partial charge is 0.437 e. The Morgan fingerprint density at radius 1 is 1.03 bits per heavy atom. The van der Waals surface area contributed by atoms with Crippen LogP contribution in [-0.4, -0.2) is 52.8 Å². The van der Waals surface area contributed by atoms with E-state index in [0.29, 0.717) is 30.8 Å². The molecule has 0 radical (unpaired) electrons. The zero-order chi connectivity index (χ0) is 19.6. The van der Waals surface area contributed by atoms with E-state index in [4.69, 9.17) is 19.4 Å². The van der Waals surface area contributed by atoms with Crippen molar-refractivity contribution in [3.8, 4) is 11.6 Å². The SMILES string of the molecule is Brc1cncc(Oc2nc(N3CCOCC3)nc3c2CCN3c2cccnc2)c1. The molecule has 5 rings (SSSR count). The average molecular weight is 455 g/mol. The molecule has 0 amide bonds. The number of ether oxygens (including phenoxy) is 2. The van der Waals surface area contributed by atoms with Crippen molar-refractivity contribution >= 4 is 33.4 Å². The molecule has 29 heavy (non-hydrogen) atoms. The van der Waals surface area contributed by atoms with Gasteiger partial charge in [-0.05, 0) is 40.5 Å². The molecule has 9 heteroatoms. The second-order valence-corrected chi connectivity index (χ2v) is 7.70. The monoisotopic (exact) mass is 454 g/mol. The standard InChI is InChI=1S/C20H19BrN6O2/c21-14-10-16(13-23-11-14)29-19-17-3-5-27(15-2-1-4-22-12-15)18(17)24-20(25-19)26-6-8-28-9-7-26/h1-2,4,10-13H,3,5-9H2. The van der Waals surface area contributed by atoms with Gasteiger partial charge in [-0.2, -0.15) is 9.97 Å². The van der Waals surface area contributed by atoms with Gasteiger partial charge in [-0.15, -0.1) is 0 Å². The number of pyridine rings is 2. The molecule has 0 bridgehead atoms. The Kier molecular flexibility index (Phi) is 4.99. The molecule has 2 aliphatic rings. The van der Waals surface area contributed by atoms with Crippen LogP contribution >= 0.6 is 15.9 Å². The second-order valence-electron chi connectivity index (χ2n) is 6.78. The van der Waals surface area contributed by atoms with Gasteiger partial charge in [0.2, 0.25) is 11.8 Å². The van der Waals surface area contributed by atoms with Crippen LogP contribution in [0.5, 0.6) is 11.6 Å². The first-order chi connectivity index (χ1) is 14.3. The number of halogens is 1. The Labute approximate surface area is 176 Å². The molecule has 1 fully saturated rings. The molecule has 3 aromatic rings. The minimum absolute atomic E-state index is 0.572. The van der Waals surface area contributed by atoms with Crippen molar-refractivity contribution in [1.29, 1.82) is 0 Å². The number of rotatable bonds is 4. The third-order valence-electron chi connectivity index (χ3n) is 4.92. The lowest BCUT2D eigenvalue weighted by atomic mass is 10.2. The predicted molar refractivity (Wildman–Crippen MR) is 112 cm³/mol. The van der Waals surface area contributed by atoms with Crippen LogP contribution in [0, 0.1) is 0 Å². The maximum atomic E-state index is 6.17. The fourth-order valence-corrected chi connectivity index (χ4v) is 3.87. The third-order valence-corrected chi connectivity index (χ3v) is 5.36. The highest BCUT2D eigenvalue weighted by atomic mass is 79.9. The Bertz CT molecular complexity index is 1010. The van der Waals surface area contributed by atoms with Gasteiger partial charge in [0.25, 0.3) is 0 Å². The van der Waals surface area contributed by atoms with Gasteiger partial charge in [-0.1, -0.05) is 0 Å². The van der Waals surface area contributed by atoms with Crippen LogP contribution in [0.2, 0.25) is 0 Å². The predicted octanol–water partition coefficient (Wildman–Crippen LogP) is 3.35. The summed E-state index contributed by atoms with van der Waals surface area (Å²) in [6, 6.07) is 5.85. The van der Waals surface area contributed by atoms with Crippen LogP contribution in [0.4, 0.5) is 17.5 Å². The number of hydrogen-bond acceptors (Lipinski definition) is 8. The summed E-state index contributed by atoms with van der Waals surface area (Å²) in [7, 11) is 0. The summed E-state index contributed by atoms with van der Waals surface area (Å²) < 4.78 is 12.5. The van der Waals surface area contributed by atoms with Crippen LogP contribution in [0.15, 0.2) is 47.5 Å². The molecule has 0 aromatic carbocycles. The summed E-state index contributed by atoms with van der Waals surface area (Å²) in [4.78, 5) is 22.4. The molecule has 8 nitrogen and oxygen atoms in total. The molecular formula is C20H19BrN6O2. The molecule has 0 N–H and O–H groups in total. The number of fused-ring (bicyclic) bond motifs is 1. The molecule has 1 saturated heterocycles. The Hall–Kier alpha value is -2.78. The normalized spacial score (nSPS) is 16.0. The van der Waals surface area contributed by atoms with Gasteiger partial charge >= 0.3 is 0 Å². The number of aromatic nitrogens is 4. The van der Waals surface area contributed by atoms with E-state index in [1.54, 1.807) is 18.6 Å². The number of nitrogens with zero attached hydrogens (tertiary/aromatic N) is 6. The molecule has 0 saturated carbocycles. The minimum Gasteiger partial charge on any atom is -0.437 e. The first-order valence-corrected chi connectivity index (χ1v) is 10.3. The van der Waals surface area contributed by atoms with Gasteiger partial charge in [-0.3, -0.25) is 9.97 Å². The molecule has 3 aromatic heterocycles. The Balaban J connectivity index is 1.57. The molecule has 0 atom stereocenters. The minimum atomic E-state index is 0.572. The molecule has 0 aliphatic carbocycles. The van der Waals surface area contributed by atoms with Crippen molar-refractivity contribution in [2.45, 2.75) is 6.42 Å². The van der Waals surface area contributed by atoms with Crippen molar-refractivity contribution in [3.05, 3.63) is 53.0 Å². The van der Waals surface area contributed by atoms with Crippen molar-refractivity contribution in [2.24, 2.45) is 0 Å². The van der Waals surface area contributed by atoms with Gasteiger partial charge in [-0.25, -0.2) is 0 Å². The van der Waals surface area contributed by atoms with E-state index in [0.717, 1.165) is 47.6 Å². The van der Waals surface area contributed by atoms with Gasteiger partial charge in [0.05, 0.1) is 36.9 Å². The molecule has 148 valence electrons. The van der Waals surface area contributed by atoms with E-state index < -0.39 is 0 Å². The molecule has 5 heterocycles. The van der Waals surface area contributed by atoms with E-state index in [2.05, 4.69) is 35.7 Å². The van der Waals surface area contributed by atoms with Crippen LogP contribution < -0.4 is 14.5 Å². The number of anilines is 3. The fourth-order valence-electron chi connectivity index (χ4n) is 3.53.